The van der Waals surface area contributed by atoms with Gasteiger partial charge >= 0.3 is 0 Å². The zero-order chi connectivity index (χ0) is 10.6. The summed E-state index contributed by atoms with van der Waals surface area (Å²) in [5.41, 5.74) is 1.40. The third-order valence-corrected chi connectivity index (χ3v) is 2.21. The summed E-state index contributed by atoms with van der Waals surface area (Å²) in [6, 6.07) is 6.60. The van der Waals surface area contributed by atoms with Crippen molar-refractivity contribution in [3.8, 4) is 6.07 Å². The summed E-state index contributed by atoms with van der Waals surface area (Å²) >= 11 is -2.13. The topological polar surface area (TPSA) is 76.3 Å². The van der Waals surface area contributed by atoms with E-state index in [-0.39, 0.29) is 5.75 Å². The zero-order valence-electron chi connectivity index (χ0n) is 7.27. The van der Waals surface area contributed by atoms with Crippen LogP contribution in [0, 0.1) is 11.3 Å². The first-order valence-corrected chi connectivity index (χ1v) is 4.97. The first-order chi connectivity index (χ1) is 6.67. The molecule has 0 amide bonds. The van der Waals surface area contributed by atoms with Crippen molar-refractivity contribution >= 4 is 23.5 Å². The Morgan fingerprint density at radius 1 is 1.64 bits per heavy atom. The van der Waals surface area contributed by atoms with Crippen LogP contribution in [0.15, 0.2) is 23.2 Å². The first kappa shape index (κ1) is 10.6. The molecule has 0 aromatic heterocycles. The number of hydrogen-bond donors (Lipinski definition) is 0. The van der Waals surface area contributed by atoms with E-state index in [2.05, 4.69) is 11.7 Å². The van der Waals surface area contributed by atoms with Crippen LogP contribution >= 0.6 is 0 Å². The first-order valence-electron chi connectivity index (χ1n) is 3.73. The van der Waals surface area contributed by atoms with Crippen molar-refractivity contribution in [3.05, 3.63) is 29.3 Å². The molecule has 14 heavy (non-hydrogen) atoms. The van der Waals surface area contributed by atoms with Crippen LogP contribution in [-0.2, 0) is 16.8 Å². The van der Waals surface area contributed by atoms with Gasteiger partial charge < -0.3 is 4.55 Å². The number of aliphatic imine (C=N–C) groups is 1. The van der Waals surface area contributed by atoms with Crippen molar-refractivity contribution in [3.63, 3.8) is 0 Å². The van der Waals surface area contributed by atoms with Crippen molar-refractivity contribution in [1.29, 1.82) is 5.26 Å². The molecule has 0 saturated heterocycles. The van der Waals surface area contributed by atoms with E-state index in [1.165, 1.54) is 6.07 Å². The lowest BCUT2D eigenvalue weighted by Gasteiger charge is -2.06. The van der Waals surface area contributed by atoms with Crippen LogP contribution in [0.5, 0.6) is 0 Å². The molecule has 1 aromatic carbocycles. The fraction of sp³-hybridized carbons (Fsp3) is 0.111. The third kappa shape index (κ3) is 2.49. The molecule has 0 aliphatic rings. The Morgan fingerprint density at radius 2 is 2.36 bits per heavy atom. The number of benzene rings is 1. The molecule has 0 N–H and O–H groups in total. The average Bonchev–Trinajstić information content (AvgIpc) is 2.16. The Balaban J connectivity index is 3.09. The van der Waals surface area contributed by atoms with Gasteiger partial charge in [0, 0.05) is 5.75 Å². The predicted molar refractivity (Wildman–Crippen MR) is 53.0 cm³/mol. The van der Waals surface area contributed by atoms with E-state index >= 15 is 0 Å². The van der Waals surface area contributed by atoms with Gasteiger partial charge in [-0.2, -0.15) is 5.26 Å². The van der Waals surface area contributed by atoms with E-state index in [0.717, 1.165) is 0 Å². The highest BCUT2D eigenvalue weighted by atomic mass is 32.2. The second-order valence-electron chi connectivity index (χ2n) is 2.57. The molecule has 1 rings (SSSR count). The second-order valence-corrected chi connectivity index (χ2v) is 3.47. The summed E-state index contributed by atoms with van der Waals surface area (Å²) in [5, 5.41) is 8.66. The highest BCUT2D eigenvalue weighted by Crippen LogP contribution is 2.20. The van der Waals surface area contributed by atoms with Gasteiger partial charge in [0.05, 0.1) is 11.3 Å². The van der Waals surface area contributed by atoms with Crippen LogP contribution in [0.2, 0.25) is 0 Å². The van der Waals surface area contributed by atoms with Gasteiger partial charge in [0.25, 0.3) is 0 Å². The van der Waals surface area contributed by atoms with Crippen LogP contribution in [0.3, 0.4) is 0 Å². The fourth-order valence-corrected chi connectivity index (χ4v) is 1.48. The minimum Gasteiger partial charge on any atom is -0.772 e. The van der Waals surface area contributed by atoms with Gasteiger partial charge in [-0.15, -0.1) is 0 Å². The van der Waals surface area contributed by atoms with Crippen LogP contribution in [0.1, 0.15) is 11.1 Å². The maximum atomic E-state index is 10.4. The molecule has 0 fully saturated rings. The van der Waals surface area contributed by atoms with Gasteiger partial charge in [-0.05, 0) is 24.4 Å². The van der Waals surface area contributed by atoms with Gasteiger partial charge in [0.15, 0.2) is 0 Å². The maximum absolute atomic E-state index is 10.4. The smallest absolute Gasteiger partial charge is 0.101 e. The minimum absolute atomic E-state index is 0.0752. The molecule has 5 heteroatoms. The fourth-order valence-electron chi connectivity index (χ4n) is 1.03. The Hall–Kier alpha value is -1.51. The summed E-state index contributed by atoms with van der Waals surface area (Å²) in [6.07, 6.45) is 0. The number of nitrogens with zero attached hydrogens (tertiary/aromatic N) is 2. The summed E-state index contributed by atoms with van der Waals surface area (Å²) in [7, 11) is 0. The maximum Gasteiger partial charge on any atom is 0.101 e. The van der Waals surface area contributed by atoms with Gasteiger partial charge in [0.1, 0.15) is 6.07 Å². The Kier molecular flexibility index (Phi) is 3.51. The lowest BCUT2D eigenvalue weighted by molar-refractivity contribution is 0.536. The molecule has 0 aliphatic heterocycles. The molecule has 0 aliphatic carbocycles. The van der Waals surface area contributed by atoms with Gasteiger partial charge in [-0.3, -0.25) is 9.20 Å². The largest absolute Gasteiger partial charge is 0.772 e. The third-order valence-electron chi connectivity index (χ3n) is 1.64. The Labute approximate surface area is 84.2 Å². The molecule has 0 saturated carbocycles. The van der Waals surface area contributed by atoms with Gasteiger partial charge in [-0.1, -0.05) is 17.1 Å². The summed E-state index contributed by atoms with van der Waals surface area (Å²) < 4.78 is 20.8. The van der Waals surface area contributed by atoms with Crippen molar-refractivity contribution in [2.45, 2.75) is 5.75 Å². The molecule has 1 atom stereocenters. The molecular weight excluding hydrogens is 200 g/mol. The van der Waals surface area contributed by atoms with Gasteiger partial charge in [0.2, 0.25) is 0 Å². The lowest BCUT2D eigenvalue weighted by Crippen LogP contribution is -1.93. The van der Waals surface area contributed by atoms with E-state index in [9.17, 15) is 8.76 Å². The molecule has 1 aromatic rings. The van der Waals surface area contributed by atoms with Crippen molar-refractivity contribution in [2.24, 2.45) is 4.99 Å². The quantitative estimate of drug-likeness (QED) is 0.553. The summed E-state index contributed by atoms with van der Waals surface area (Å²) in [4.78, 5) is 3.64. The normalized spacial score (nSPS) is 11.7. The molecular formula is C9H7N2O2S-. The molecule has 0 bridgehead atoms. The van der Waals surface area contributed by atoms with Crippen LogP contribution in [0.4, 0.5) is 5.69 Å². The average molecular weight is 207 g/mol. The van der Waals surface area contributed by atoms with Crippen molar-refractivity contribution in [1.82, 2.24) is 0 Å². The van der Waals surface area contributed by atoms with E-state index < -0.39 is 11.1 Å². The lowest BCUT2D eigenvalue weighted by atomic mass is 10.1. The molecule has 4 nitrogen and oxygen atoms in total. The highest BCUT2D eigenvalue weighted by Gasteiger charge is 2.01. The zero-order valence-corrected chi connectivity index (χ0v) is 8.08. The highest BCUT2D eigenvalue weighted by molar-refractivity contribution is 7.78. The van der Waals surface area contributed by atoms with Crippen LogP contribution < -0.4 is 0 Å². The number of rotatable bonds is 3. The second kappa shape index (κ2) is 4.65. The van der Waals surface area contributed by atoms with Gasteiger partial charge in [-0.25, -0.2) is 0 Å². The molecule has 0 radical (unpaired) electrons. The predicted octanol–water partition coefficient (Wildman–Crippen LogP) is 1.27. The van der Waals surface area contributed by atoms with Crippen molar-refractivity contribution < 1.29 is 8.76 Å². The van der Waals surface area contributed by atoms with Crippen molar-refractivity contribution in [2.75, 3.05) is 0 Å². The molecule has 0 spiro atoms. The molecule has 1 unspecified atom stereocenters. The SMILES string of the molecule is C=Nc1cc(CS(=O)[O-])ccc1C#N. The molecule has 72 valence electrons. The van der Waals surface area contributed by atoms with E-state index in [4.69, 9.17) is 5.26 Å². The van der Waals surface area contributed by atoms with E-state index in [1.807, 2.05) is 6.07 Å². The van der Waals surface area contributed by atoms with E-state index in [1.54, 1.807) is 12.1 Å². The standard InChI is InChI=1S/C9H8N2O2S/c1-11-9-4-7(6-14(12)13)2-3-8(9)5-10/h2-4H,1,6H2,(H,12,13)/p-1. The monoisotopic (exact) mass is 207 g/mol. The minimum atomic E-state index is -2.13. The molecule has 0 heterocycles. The summed E-state index contributed by atoms with van der Waals surface area (Å²) in [6.45, 7) is 3.30. The van der Waals surface area contributed by atoms with Crippen LogP contribution in [-0.4, -0.2) is 15.5 Å². The number of nitriles is 1. The Bertz CT molecular complexity index is 423. The number of hydrogen-bond acceptors (Lipinski definition) is 4. The van der Waals surface area contributed by atoms with E-state index in [0.29, 0.717) is 16.8 Å². The Morgan fingerprint density at radius 3 is 2.86 bits per heavy atom. The van der Waals surface area contributed by atoms with Crippen LogP contribution in [0.25, 0.3) is 0 Å². The summed E-state index contributed by atoms with van der Waals surface area (Å²) in [5.74, 6) is -0.0752.